The van der Waals surface area contributed by atoms with Gasteiger partial charge in [-0.1, -0.05) is 11.6 Å². The van der Waals surface area contributed by atoms with Crippen LogP contribution in [0.1, 0.15) is 4.88 Å². The van der Waals surface area contributed by atoms with Gasteiger partial charge in [0.2, 0.25) is 0 Å². The van der Waals surface area contributed by atoms with Crippen LogP contribution in [0.4, 0.5) is 5.69 Å². The topological polar surface area (TPSA) is 49.4 Å². The molecule has 0 atom stereocenters. The number of rotatable bonds is 2. The molecule has 0 aliphatic carbocycles. The van der Waals surface area contributed by atoms with Crippen LogP contribution in [0.5, 0.6) is 0 Å². The van der Waals surface area contributed by atoms with Crippen LogP contribution in [-0.2, 0) is 9.59 Å². The molecule has 1 saturated heterocycles. The molecule has 0 radical (unpaired) electrons. The highest BCUT2D eigenvalue weighted by molar-refractivity contribution is 14.1. The molecule has 0 saturated carbocycles. The molecular weight excluding hydrogens is 467 g/mol. The number of amides is 2. The first-order chi connectivity index (χ1) is 11.0. The van der Waals surface area contributed by atoms with E-state index in [9.17, 15) is 9.59 Å². The van der Waals surface area contributed by atoms with Crippen LogP contribution in [0.2, 0.25) is 5.02 Å². The zero-order chi connectivity index (χ0) is 16.6. The van der Waals surface area contributed by atoms with E-state index in [1.54, 1.807) is 30.3 Å². The zero-order valence-corrected chi connectivity index (χ0v) is 15.9. The van der Waals surface area contributed by atoms with Crippen molar-refractivity contribution >= 4 is 86.4 Å². The Morgan fingerprint density at radius 1 is 1.22 bits per heavy atom. The van der Waals surface area contributed by atoms with Crippen molar-refractivity contribution in [1.82, 2.24) is 5.32 Å². The minimum atomic E-state index is -0.491. The van der Waals surface area contributed by atoms with Crippen molar-refractivity contribution in [2.45, 2.75) is 0 Å². The van der Waals surface area contributed by atoms with Gasteiger partial charge in [-0.15, -0.1) is 11.3 Å². The first kappa shape index (κ1) is 16.6. The van der Waals surface area contributed by atoms with Crippen LogP contribution >= 0.6 is 57.7 Å². The average molecular weight is 475 g/mol. The molecule has 4 nitrogen and oxygen atoms in total. The Morgan fingerprint density at radius 2 is 1.91 bits per heavy atom. The van der Waals surface area contributed by atoms with Gasteiger partial charge in [0.1, 0.15) is 5.57 Å². The first-order valence-electron chi connectivity index (χ1n) is 6.37. The molecule has 2 aromatic rings. The van der Waals surface area contributed by atoms with E-state index in [-0.39, 0.29) is 10.7 Å². The van der Waals surface area contributed by atoms with Crippen LogP contribution in [0, 0.1) is 3.57 Å². The van der Waals surface area contributed by atoms with Crippen molar-refractivity contribution in [2.24, 2.45) is 0 Å². The normalized spacial score (nSPS) is 16.9. The molecule has 1 aromatic carbocycles. The van der Waals surface area contributed by atoms with Crippen molar-refractivity contribution in [3.05, 3.63) is 54.8 Å². The molecule has 116 valence electrons. The Kier molecular flexibility index (Phi) is 4.81. The number of hydrogen-bond donors (Lipinski definition) is 1. The number of nitrogens with one attached hydrogen (secondary N) is 1. The molecule has 2 heterocycles. The van der Waals surface area contributed by atoms with Crippen LogP contribution in [0.25, 0.3) is 6.08 Å². The molecule has 1 fully saturated rings. The molecule has 0 spiro atoms. The number of halogens is 2. The highest BCUT2D eigenvalue weighted by Crippen LogP contribution is 2.26. The molecule has 3 rings (SSSR count). The van der Waals surface area contributed by atoms with Gasteiger partial charge in [0.05, 0.1) is 5.69 Å². The van der Waals surface area contributed by atoms with Gasteiger partial charge in [0, 0.05) is 13.5 Å². The second-order valence-electron chi connectivity index (χ2n) is 4.57. The van der Waals surface area contributed by atoms with Crippen LogP contribution < -0.4 is 10.2 Å². The van der Waals surface area contributed by atoms with Gasteiger partial charge >= 0.3 is 0 Å². The number of nitrogens with zero attached hydrogens (tertiary/aromatic N) is 1. The fraction of sp³-hybridized carbons (Fsp3) is 0. The maximum absolute atomic E-state index is 12.7. The lowest BCUT2D eigenvalue weighted by Crippen LogP contribution is -2.54. The molecule has 0 bridgehead atoms. The molecule has 2 amide bonds. The van der Waals surface area contributed by atoms with E-state index in [4.69, 9.17) is 23.8 Å². The Labute approximate surface area is 160 Å². The largest absolute Gasteiger partial charge is 0.298 e. The van der Waals surface area contributed by atoms with E-state index in [0.29, 0.717) is 10.7 Å². The van der Waals surface area contributed by atoms with Crippen molar-refractivity contribution in [3.8, 4) is 0 Å². The van der Waals surface area contributed by atoms with E-state index in [1.165, 1.54) is 16.2 Å². The lowest BCUT2D eigenvalue weighted by Gasteiger charge is -2.28. The number of thiocarbonyl (C=S) groups is 1. The summed E-state index contributed by atoms with van der Waals surface area (Å²) in [4.78, 5) is 27.0. The fourth-order valence-electron chi connectivity index (χ4n) is 2.02. The predicted molar refractivity (Wildman–Crippen MR) is 105 cm³/mol. The van der Waals surface area contributed by atoms with Crippen LogP contribution in [0.3, 0.4) is 0 Å². The summed E-state index contributed by atoms with van der Waals surface area (Å²) in [5.41, 5.74) is 0.602. The van der Waals surface area contributed by atoms with Crippen molar-refractivity contribution in [2.75, 3.05) is 4.90 Å². The molecule has 1 aromatic heterocycles. The SMILES string of the molecule is O=C1NC(=S)N(c2ccc(Cl)cc2)C(=O)/C1=C/c1sccc1I. The van der Waals surface area contributed by atoms with Crippen LogP contribution in [0.15, 0.2) is 41.3 Å². The van der Waals surface area contributed by atoms with E-state index in [0.717, 1.165) is 8.45 Å². The third-order valence-electron chi connectivity index (χ3n) is 3.11. The van der Waals surface area contributed by atoms with Gasteiger partial charge < -0.3 is 0 Å². The second kappa shape index (κ2) is 6.68. The number of benzene rings is 1. The van der Waals surface area contributed by atoms with Gasteiger partial charge in [0.25, 0.3) is 11.8 Å². The van der Waals surface area contributed by atoms with Crippen LogP contribution in [-0.4, -0.2) is 16.9 Å². The minimum Gasteiger partial charge on any atom is -0.298 e. The second-order valence-corrected chi connectivity index (χ2v) is 7.50. The molecule has 0 unspecified atom stereocenters. The van der Waals surface area contributed by atoms with E-state index < -0.39 is 11.8 Å². The molecule has 23 heavy (non-hydrogen) atoms. The zero-order valence-electron chi connectivity index (χ0n) is 11.4. The highest BCUT2D eigenvalue weighted by Gasteiger charge is 2.34. The Bertz CT molecular complexity index is 845. The maximum Gasteiger partial charge on any atom is 0.270 e. The van der Waals surface area contributed by atoms with Gasteiger partial charge in [-0.2, -0.15) is 0 Å². The highest BCUT2D eigenvalue weighted by atomic mass is 127. The summed E-state index contributed by atoms with van der Waals surface area (Å²) in [7, 11) is 0. The maximum atomic E-state index is 12.7. The van der Waals surface area contributed by atoms with E-state index in [2.05, 4.69) is 27.9 Å². The lowest BCUT2D eigenvalue weighted by molar-refractivity contribution is -0.122. The third-order valence-corrected chi connectivity index (χ3v) is 5.81. The van der Waals surface area contributed by atoms with E-state index >= 15 is 0 Å². The number of carbonyl (C=O) groups excluding carboxylic acids is 2. The fourth-order valence-corrected chi connectivity index (χ4v) is 4.11. The number of carbonyl (C=O) groups is 2. The molecule has 8 heteroatoms. The summed E-state index contributed by atoms with van der Waals surface area (Å²) in [6, 6.07) is 8.60. The summed E-state index contributed by atoms with van der Waals surface area (Å²) in [5.74, 6) is -0.945. The summed E-state index contributed by atoms with van der Waals surface area (Å²) >= 11 is 14.6. The summed E-state index contributed by atoms with van der Waals surface area (Å²) < 4.78 is 0.979. The number of anilines is 1. The van der Waals surface area contributed by atoms with E-state index in [1.807, 2.05) is 11.4 Å². The lowest BCUT2D eigenvalue weighted by atomic mass is 10.1. The van der Waals surface area contributed by atoms with Crippen molar-refractivity contribution < 1.29 is 9.59 Å². The molecule has 1 aliphatic rings. The molecular formula is C15H8ClIN2O2S2. The Balaban J connectivity index is 2.02. The monoisotopic (exact) mass is 474 g/mol. The third kappa shape index (κ3) is 3.32. The smallest absolute Gasteiger partial charge is 0.270 e. The molecule has 1 aliphatic heterocycles. The summed E-state index contributed by atoms with van der Waals surface area (Å²) in [6.07, 6.45) is 1.59. The predicted octanol–water partition coefficient (Wildman–Crippen LogP) is 3.84. The minimum absolute atomic E-state index is 0.0499. The first-order valence-corrected chi connectivity index (χ1v) is 9.12. The number of thiophene rings is 1. The standard InChI is InChI=1S/C15H8ClIN2O2S2/c16-8-1-3-9(4-2-8)19-14(21)10(13(20)18-15(19)22)7-12-11(17)5-6-23-12/h1-7H,(H,18,20,22)/b10-7+. The van der Waals surface area contributed by atoms with Crippen molar-refractivity contribution in [3.63, 3.8) is 0 Å². The molecule has 1 N–H and O–H groups in total. The summed E-state index contributed by atoms with van der Waals surface area (Å²) in [5, 5.41) is 5.07. The summed E-state index contributed by atoms with van der Waals surface area (Å²) in [6.45, 7) is 0. The van der Waals surface area contributed by atoms with Crippen molar-refractivity contribution in [1.29, 1.82) is 0 Å². The van der Waals surface area contributed by atoms with Gasteiger partial charge in [-0.25, -0.2) is 0 Å². The average Bonchev–Trinajstić information content (AvgIpc) is 2.90. The number of hydrogen-bond acceptors (Lipinski definition) is 4. The Hall–Kier alpha value is -1.29. The van der Waals surface area contributed by atoms with Gasteiger partial charge in [0.15, 0.2) is 5.11 Å². The van der Waals surface area contributed by atoms with Gasteiger partial charge in [-0.05, 0) is 76.6 Å². The quantitative estimate of drug-likeness (QED) is 0.311. The van der Waals surface area contributed by atoms with Gasteiger partial charge in [-0.3, -0.25) is 19.8 Å². The Morgan fingerprint density at radius 3 is 2.52 bits per heavy atom.